The number of benzene rings is 1. The first-order valence-electron chi connectivity index (χ1n) is 6.45. The number of ether oxygens (including phenoxy) is 1. The van der Waals surface area contributed by atoms with Gasteiger partial charge in [-0.2, -0.15) is 0 Å². The Balaban J connectivity index is 1.96. The zero-order valence-electron chi connectivity index (χ0n) is 11.3. The number of imidazole rings is 1. The normalized spacial score (nSPS) is 10.9. The lowest BCUT2D eigenvalue weighted by molar-refractivity contribution is -0.131. The molecule has 6 heteroatoms. The van der Waals surface area contributed by atoms with Crippen LogP contribution in [-0.2, 0) is 11.3 Å². The number of aryl methyl sites for hydroxylation is 1. The Morgan fingerprint density at radius 3 is 3.05 bits per heavy atom. The van der Waals surface area contributed by atoms with Gasteiger partial charge in [0.05, 0.1) is 17.4 Å². The fourth-order valence-corrected chi connectivity index (χ4v) is 2.31. The maximum Gasteiger partial charge on any atom is 0.328 e. The van der Waals surface area contributed by atoms with Crippen LogP contribution in [0.1, 0.15) is 12.0 Å². The fraction of sp³-hybridized carbons (Fsp3) is 0.200. The van der Waals surface area contributed by atoms with E-state index in [0.717, 1.165) is 29.1 Å². The van der Waals surface area contributed by atoms with Crippen molar-refractivity contribution in [3.05, 3.63) is 53.0 Å². The molecule has 5 nitrogen and oxygen atoms in total. The number of carbonyl (C=O) groups is 1. The Kier molecular flexibility index (Phi) is 5.57. The third-order valence-electron chi connectivity index (χ3n) is 2.77. The van der Waals surface area contributed by atoms with Crippen LogP contribution in [0, 0.1) is 0 Å². The Labute approximate surface area is 131 Å². The number of halogens is 1. The van der Waals surface area contributed by atoms with E-state index in [4.69, 9.17) is 9.84 Å². The highest BCUT2D eigenvalue weighted by Gasteiger charge is 2.06. The number of aliphatic carboxylic acids is 1. The second-order valence-corrected chi connectivity index (χ2v) is 5.19. The summed E-state index contributed by atoms with van der Waals surface area (Å²) >= 11 is 3.42. The van der Waals surface area contributed by atoms with Crippen LogP contribution in [0.3, 0.4) is 0 Å². The molecular formula is C15H15BrN2O3. The third-order valence-corrected chi connectivity index (χ3v) is 3.39. The van der Waals surface area contributed by atoms with Gasteiger partial charge in [0.15, 0.2) is 0 Å². The van der Waals surface area contributed by atoms with E-state index < -0.39 is 5.97 Å². The molecule has 1 heterocycles. The van der Waals surface area contributed by atoms with E-state index in [1.54, 1.807) is 12.5 Å². The molecule has 0 aliphatic rings. The summed E-state index contributed by atoms with van der Waals surface area (Å²) in [6.07, 6.45) is 8.86. The lowest BCUT2D eigenvalue weighted by Crippen LogP contribution is -2.04. The van der Waals surface area contributed by atoms with Gasteiger partial charge in [0.2, 0.25) is 0 Å². The third kappa shape index (κ3) is 4.75. The van der Waals surface area contributed by atoms with Crippen molar-refractivity contribution < 1.29 is 14.6 Å². The Bertz CT molecular complexity index is 624. The first-order valence-corrected chi connectivity index (χ1v) is 7.24. The summed E-state index contributed by atoms with van der Waals surface area (Å²) in [6, 6.07) is 5.52. The highest BCUT2D eigenvalue weighted by molar-refractivity contribution is 9.10. The number of para-hydroxylation sites is 1. The van der Waals surface area contributed by atoms with Crippen molar-refractivity contribution in [1.82, 2.24) is 9.55 Å². The highest BCUT2D eigenvalue weighted by Crippen LogP contribution is 2.30. The van der Waals surface area contributed by atoms with E-state index in [-0.39, 0.29) is 0 Å². The molecule has 0 atom stereocenters. The summed E-state index contributed by atoms with van der Waals surface area (Å²) in [4.78, 5) is 14.6. The molecule has 0 spiro atoms. The molecule has 0 bridgehead atoms. The number of hydrogen-bond donors (Lipinski definition) is 1. The van der Waals surface area contributed by atoms with Crippen molar-refractivity contribution >= 4 is 28.0 Å². The Morgan fingerprint density at radius 1 is 1.48 bits per heavy atom. The van der Waals surface area contributed by atoms with Crippen molar-refractivity contribution in [2.45, 2.75) is 13.0 Å². The quantitative estimate of drug-likeness (QED) is 0.615. The van der Waals surface area contributed by atoms with Gasteiger partial charge in [-0.15, -0.1) is 0 Å². The Hall–Kier alpha value is -2.08. The van der Waals surface area contributed by atoms with Crippen LogP contribution in [-0.4, -0.2) is 27.2 Å². The van der Waals surface area contributed by atoms with Gasteiger partial charge in [0, 0.05) is 30.6 Å². The second kappa shape index (κ2) is 7.64. The lowest BCUT2D eigenvalue weighted by atomic mass is 10.2. The molecular weight excluding hydrogens is 336 g/mol. The predicted octanol–water partition coefficient (Wildman–Crippen LogP) is 3.21. The standard InChI is InChI=1S/C15H15BrN2O3/c16-13-4-1-3-12(5-6-14(19)20)15(13)21-10-2-8-18-9-7-17-11-18/h1,3-7,9,11H,2,8,10H2,(H,19,20). The molecule has 0 saturated carbocycles. The second-order valence-electron chi connectivity index (χ2n) is 4.33. The van der Waals surface area contributed by atoms with Gasteiger partial charge in [-0.05, 0) is 34.5 Å². The minimum atomic E-state index is -0.985. The van der Waals surface area contributed by atoms with E-state index in [1.165, 1.54) is 6.08 Å². The number of hydrogen-bond acceptors (Lipinski definition) is 3. The SMILES string of the molecule is O=C(O)C=Cc1cccc(Br)c1OCCCn1ccnc1. The molecule has 0 unspecified atom stereocenters. The van der Waals surface area contributed by atoms with Gasteiger partial charge < -0.3 is 14.4 Å². The average molecular weight is 351 g/mol. The fourth-order valence-electron chi connectivity index (χ4n) is 1.81. The maximum atomic E-state index is 10.6. The van der Waals surface area contributed by atoms with Gasteiger partial charge in [-0.3, -0.25) is 0 Å². The molecule has 0 radical (unpaired) electrons. The molecule has 0 aliphatic heterocycles. The van der Waals surface area contributed by atoms with E-state index in [9.17, 15) is 4.79 Å². The van der Waals surface area contributed by atoms with Crippen LogP contribution in [0.25, 0.3) is 6.08 Å². The minimum Gasteiger partial charge on any atom is -0.492 e. The molecule has 0 amide bonds. The number of nitrogens with zero attached hydrogens (tertiary/aromatic N) is 2. The summed E-state index contributed by atoms with van der Waals surface area (Å²) < 4.78 is 8.56. The topological polar surface area (TPSA) is 64.3 Å². The number of carboxylic acids is 1. The first kappa shape index (κ1) is 15.3. The van der Waals surface area contributed by atoms with Crippen LogP contribution in [0.5, 0.6) is 5.75 Å². The number of aromatic nitrogens is 2. The van der Waals surface area contributed by atoms with E-state index in [2.05, 4.69) is 20.9 Å². The van der Waals surface area contributed by atoms with Crippen LogP contribution < -0.4 is 4.74 Å². The smallest absolute Gasteiger partial charge is 0.328 e. The van der Waals surface area contributed by atoms with Crippen molar-refractivity contribution in [1.29, 1.82) is 0 Å². The average Bonchev–Trinajstić information content (AvgIpc) is 2.96. The Morgan fingerprint density at radius 2 is 2.33 bits per heavy atom. The van der Waals surface area contributed by atoms with Crippen molar-refractivity contribution in [3.8, 4) is 5.75 Å². The molecule has 2 aromatic rings. The molecule has 1 N–H and O–H groups in total. The van der Waals surface area contributed by atoms with E-state index in [0.29, 0.717) is 12.4 Å². The molecule has 1 aromatic carbocycles. The molecule has 0 fully saturated rings. The largest absolute Gasteiger partial charge is 0.492 e. The monoisotopic (exact) mass is 350 g/mol. The lowest BCUT2D eigenvalue weighted by Gasteiger charge is -2.11. The zero-order chi connectivity index (χ0) is 15.1. The summed E-state index contributed by atoms with van der Waals surface area (Å²) in [6.45, 7) is 1.36. The highest BCUT2D eigenvalue weighted by atomic mass is 79.9. The summed E-state index contributed by atoms with van der Waals surface area (Å²) in [5.41, 5.74) is 0.731. The predicted molar refractivity (Wildman–Crippen MR) is 83.2 cm³/mol. The molecule has 1 aromatic heterocycles. The molecule has 2 rings (SSSR count). The van der Waals surface area contributed by atoms with Crippen LogP contribution in [0.4, 0.5) is 0 Å². The van der Waals surface area contributed by atoms with Gasteiger partial charge in [0.1, 0.15) is 5.75 Å². The van der Waals surface area contributed by atoms with Crippen molar-refractivity contribution in [3.63, 3.8) is 0 Å². The van der Waals surface area contributed by atoms with Crippen LogP contribution in [0.15, 0.2) is 47.5 Å². The van der Waals surface area contributed by atoms with Crippen molar-refractivity contribution in [2.75, 3.05) is 6.61 Å². The minimum absolute atomic E-state index is 0.536. The van der Waals surface area contributed by atoms with Gasteiger partial charge in [0.25, 0.3) is 0 Å². The molecule has 0 saturated heterocycles. The molecule has 21 heavy (non-hydrogen) atoms. The summed E-state index contributed by atoms with van der Waals surface area (Å²) in [5, 5.41) is 8.71. The van der Waals surface area contributed by atoms with E-state index >= 15 is 0 Å². The van der Waals surface area contributed by atoms with Crippen LogP contribution in [0.2, 0.25) is 0 Å². The van der Waals surface area contributed by atoms with Gasteiger partial charge in [-0.1, -0.05) is 12.1 Å². The van der Waals surface area contributed by atoms with Gasteiger partial charge >= 0.3 is 5.97 Å². The first-order chi connectivity index (χ1) is 10.2. The van der Waals surface area contributed by atoms with E-state index in [1.807, 2.05) is 29.0 Å². The zero-order valence-corrected chi connectivity index (χ0v) is 12.9. The van der Waals surface area contributed by atoms with Crippen LogP contribution >= 0.6 is 15.9 Å². The molecule has 110 valence electrons. The van der Waals surface area contributed by atoms with Crippen molar-refractivity contribution in [2.24, 2.45) is 0 Å². The summed E-state index contributed by atoms with van der Waals surface area (Å²) in [5.74, 6) is -0.332. The number of rotatable bonds is 7. The maximum absolute atomic E-state index is 10.6. The van der Waals surface area contributed by atoms with Gasteiger partial charge in [-0.25, -0.2) is 9.78 Å². The summed E-state index contributed by atoms with van der Waals surface area (Å²) in [7, 11) is 0. The molecule has 0 aliphatic carbocycles. The number of carboxylic acid groups (broad SMARTS) is 1.